The Hall–Kier alpha value is -2.92. The molecule has 1 saturated carbocycles. The van der Waals surface area contributed by atoms with Crippen LogP contribution in [0, 0.1) is 5.41 Å². The number of rotatable bonds is 3. The van der Waals surface area contributed by atoms with Gasteiger partial charge < -0.3 is 9.84 Å². The monoisotopic (exact) mass is 389 g/mol. The molecule has 148 valence electrons. The van der Waals surface area contributed by atoms with Crippen LogP contribution in [0.1, 0.15) is 31.9 Å². The molecule has 0 bridgehead atoms. The number of aromatic nitrogens is 1. The summed E-state index contributed by atoms with van der Waals surface area (Å²) in [6, 6.07) is 15.2. The number of pyridine rings is 1. The standard InChI is InChI=1S/C24H23NO4/c1-3-23-14-19-21(15-7-5-4-6-8-15)18-13-16(29-2)9-10-17(18)22(27)25(19)24(23,28)12-11-20(23)26/h4-10,13,28H,3,11-12,14H2,1-2H3. The minimum absolute atomic E-state index is 0.0475. The molecule has 3 aromatic rings. The van der Waals surface area contributed by atoms with E-state index < -0.39 is 11.1 Å². The average molecular weight is 389 g/mol. The fourth-order valence-corrected chi connectivity index (χ4v) is 5.49. The number of carbonyl (C=O) groups excluding carboxylic acids is 1. The van der Waals surface area contributed by atoms with Crippen LogP contribution in [0.5, 0.6) is 5.75 Å². The smallest absolute Gasteiger partial charge is 0.261 e. The molecule has 29 heavy (non-hydrogen) atoms. The zero-order valence-electron chi connectivity index (χ0n) is 16.6. The summed E-state index contributed by atoms with van der Waals surface area (Å²) in [5.74, 6) is 0.712. The van der Waals surface area contributed by atoms with Gasteiger partial charge in [0.2, 0.25) is 0 Å². The normalized spacial score (nSPS) is 25.3. The molecule has 5 heteroatoms. The number of aliphatic hydroxyl groups is 1. The predicted octanol–water partition coefficient (Wildman–Crippen LogP) is 3.64. The molecule has 1 N–H and O–H groups in total. The average Bonchev–Trinajstić information content (AvgIpc) is 3.16. The highest BCUT2D eigenvalue weighted by atomic mass is 16.5. The van der Waals surface area contributed by atoms with Gasteiger partial charge in [-0.05, 0) is 30.2 Å². The Bertz CT molecular complexity index is 1210. The first-order valence-electron chi connectivity index (χ1n) is 10.0. The van der Waals surface area contributed by atoms with Crippen LogP contribution in [0.15, 0.2) is 53.3 Å². The zero-order chi connectivity index (χ0) is 20.4. The third-order valence-corrected chi connectivity index (χ3v) is 6.99. The second-order valence-corrected chi connectivity index (χ2v) is 8.09. The Balaban J connectivity index is 1.96. The number of ether oxygens (including phenoxy) is 1. The van der Waals surface area contributed by atoms with E-state index in [4.69, 9.17) is 4.74 Å². The van der Waals surface area contributed by atoms with Crippen molar-refractivity contribution in [3.8, 4) is 16.9 Å². The lowest BCUT2D eigenvalue weighted by Crippen LogP contribution is -2.48. The highest BCUT2D eigenvalue weighted by Gasteiger charge is 2.65. The molecule has 1 aromatic heterocycles. The predicted molar refractivity (Wildman–Crippen MR) is 111 cm³/mol. The van der Waals surface area contributed by atoms with E-state index in [0.717, 1.165) is 22.2 Å². The van der Waals surface area contributed by atoms with Crippen LogP contribution in [-0.2, 0) is 16.9 Å². The van der Waals surface area contributed by atoms with Gasteiger partial charge in [-0.1, -0.05) is 37.3 Å². The quantitative estimate of drug-likeness (QED) is 0.743. The van der Waals surface area contributed by atoms with Crippen LogP contribution in [0.25, 0.3) is 21.9 Å². The molecule has 0 radical (unpaired) electrons. The Labute approximate surface area is 168 Å². The number of carbonyl (C=O) groups is 1. The van der Waals surface area contributed by atoms with Crippen LogP contribution in [0.2, 0.25) is 0 Å². The summed E-state index contributed by atoms with van der Waals surface area (Å²) in [7, 11) is 1.60. The van der Waals surface area contributed by atoms with Crippen molar-refractivity contribution in [2.75, 3.05) is 7.11 Å². The van der Waals surface area contributed by atoms with Crippen molar-refractivity contribution in [1.29, 1.82) is 0 Å². The molecule has 0 spiro atoms. The molecule has 0 saturated heterocycles. The number of benzene rings is 2. The second-order valence-electron chi connectivity index (χ2n) is 8.09. The summed E-state index contributed by atoms with van der Waals surface area (Å²) in [4.78, 5) is 26.5. The van der Waals surface area contributed by atoms with Crippen LogP contribution in [-0.4, -0.2) is 22.6 Å². The van der Waals surface area contributed by atoms with Crippen LogP contribution < -0.4 is 10.3 Å². The first-order valence-corrected chi connectivity index (χ1v) is 10.0. The summed E-state index contributed by atoms with van der Waals surface area (Å²) in [5.41, 5.74) is -0.0731. The number of methoxy groups -OCH3 is 1. The van der Waals surface area contributed by atoms with Gasteiger partial charge in [0.25, 0.3) is 5.56 Å². The maximum Gasteiger partial charge on any atom is 0.261 e. The molecule has 1 aliphatic heterocycles. The van der Waals surface area contributed by atoms with Gasteiger partial charge in [0.15, 0.2) is 5.72 Å². The SMILES string of the molecule is CCC12Cc3c(-c4ccccc4)c4cc(OC)ccc4c(=O)n3C1(O)CCC2=O. The summed E-state index contributed by atoms with van der Waals surface area (Å²) >= 11 is 0. The molecular formula is C24H23NO4. The first-order chi connectivity index (χ1) is 14.0. The maximum absolute atomic E-state index is 13.6. The minimum Gasteiger partial charge on any atom is -0.497 e. The number of hydrogen-bond acceptors (Lipinski definition) is 4. The molecule has 2 heterocycles. The molecule has 1 aliphatic carbocycles. The molecule has 2 aromatic carbocycles. The van der Waals surface area contributed by atoms with Gasteiger partial charge in [0.05, 0.1) is 12.5 Å². The Morgan fingerprint density at radius 1 is 1.10 bits per heavy atom. The third kappa shape index (κ3) is 2.14. The fourth-order valence-electron chi connectivity index (χ4n) is 5.49. The fraction of sp³-hybridized carbons (Fsp3) is 0.333. The van der Waals surface area contributed by atoms with E-state index in [1.165, 1.54) is 4.57 Å². The van der Waals surface area contributed by atoms with E-state index in [0.29, 0.717) is 30.4 Å². The molecule has 5 nitrogen and oxygen atoms in total. The molecule has 1 fully saturated rings. The summed E-state index contributed by atoms with van der Waals surface area (Å²) < 4.78 is 6.94. The van der Waals surface area contributed by atoms with Gasteiger partial charge in [0, 0.05) is 41.3 Å². The van der Waals surface area contributed by atoms with E-state index in [1.54, 1.807) is 19.2 Å². The lowest BCUT2D eigenvalue weighted by Gasteiger charge is -2.34. The topological polar surface area (TPSA) is 68.5 Å². The van der Waals surface area contributed by atoms with Gasteiger partial charge >= 0.3 is 0 Å². The van der Waals surface area contributed by atoms with Gasteiger partial charge in [-0.2, -0.15) is 0 Å². The summed E-state index contributed by atoms with van der Waals surface area (Å²) in [5, 5.41) is 13.0. The van der Waals surface area contributed by atoms with Crippen molar-refractivity contribution >= 4 is 16.6 Å². The molecule has 2 unspecified atom stereocenters. The maximum atomic E-state index is 13.6. The van der Waals surface area contributed by atoms with Crippen molar-refractivity contribution in [3.63, 3.8) is 0 Å². The van der Waals surface area contributed by atoms with Crippen molar-refractivity contribution in [2.24, 2.45) is 5.41 Å². The van der Waals surface area contributed by atoms with Crippen molar-refractivity contribution in [2.45, 2.75) is 38.3 Å². The van der Waals surface area contributed by atoms with Crippen molar-refractivity contribution in [1.82, 2.24) is 4.57 Å². The van der Waals surface area contributed by atoms with E-state index >= 15 is 0 Å². The number of hydrogen-bond donors (Lipinski definition) is 1. The molecule has 5 rings (SSSR count). The molecule has 0 amide bonds. The molecule has 2 atom stereocenters. The van der Waals surface area contributed by atoms with Crippen molar-refractivity contribution < 1.29 is 14.6 Å². The Morgan fingerprint density at radius 3 is 2.55 bits per heavy atom. The highest BCUT2D eigenvalue weighted by Crippen LogP contribution is 2.57. The van der Waals surface area contributed by atoms with Crippen LogP contribution in [0.3, 0.4) is 0 Å². The lowest BCUT2D eigenvalue weighted by molar-refractivity contribution is -0.146. The molecular weight excluding hydrogens is 366 g/mol. The number of nitrogens with zero attached hydrogens (tertiary/aromatic N) is 1. The summed E-state index contributed by atoms with van der Waals surface area (Å²) in [6.45, 7) is 1.93. The second kappa shape index (κ2) is 6.04. The lowest BCUT2D eigenvalue weighted by atomic mass is 9.75. The number of fused-ring (bicyclic) bond motifs is 4. The van der Waals surface area contributed by atoms with Gasteiger partial charge in [-0.3, -0.25) is 14.2 Å². The molecule has 2 aliphatic rings. The summed E-state index contributed by atoms with van der Waals surface area (Å²) in [6.07, 6.45) is 1.45. The van der Waals surface area contributed by atoms with E-state index in [9.17, 15) is 14.7 Å². The Morgan fingerprint density at radius 2 is 1.86 bits per heavy atom. The first kappa shape index (κ1) is 18.1. The number of ketones is 1. The van der Waals surface area contributed by atoms with E-state index in [-0.39, 0.29) is 17.8 Å². The van der Waals surface area contributed by atoms with E-state index in [1.807, 2.05) is 43.3 Å². The highest BCUT2D eigenvalue weighted by molar-refractivity contribution is 5.99. The third-order valence-electron chi connectivity index (χ3n) is 6.99. The van der Waals surface area contributed by atoms with Crippen LogP contribution >= 0.6 is 0 Å². The Kier molecular flexibility index (Phi) is 3.77. The van der Waals surface area contributed by atoms with Gasteiger partial charge in [0.1, 0.15) is 11.5 Å². The largest absolute Gasteiger partial charge is 0.497 e. The van der Waals surface area contributed by atoms with Crippen LogP contribution in [0.4, 0.5) is 0 Å². The van der Waals surface area contributed by atoms with Crippen molar-refractivity contribution in [3.05, 3.63) is 64.6 Å². The van der Waals surface area contributed by atoms with Gasteiger partial charge in [-0.25, -0.2) is 0 Å². The van der Waals surface area contributed by atoms with Gasteiger partial charge in [-0.15, -0.1) is 0 Å². The zero-order valence-corrected chi connectivity index (χ0v) is 16.6. The number of Topliss-reactive ketones (excluding diaryl/α,β-unsaturated/α-hetero) is 1. The minimum atomic E-state index is -1.47. The van der Waals surface area contributed by atoms with E-state index in [2.05, 4.69) is 0 Å².